The third-order valence-electron chi connectivity index (χ3n) is 4.66. The first-order valence-electron chi connectivity index (χ1n) is 9.17. The molecule has 0 saturated carbocycles. The second kappa shape index (κ2) is 9.40. The van der Waals surface area contributed by atoms with Crippen LogP contribution in [-0.4, -0.2) is 13.0 Å². The Bertz CT molecular complexity index is 931. The molecular formula is C23H24ClN2O2+. The van der Waals surface area contributed by atoms with E-state index in [0.717, 1.165) is 11.1 Å². The van der Waals surface area contributed by atoms with E-state index in [1.54, 1.807) is 13.2 Å². The molecular weight excluding hydrogens is 372 g/mol. The Labute approximate surface area is 170 Å². The summed E-state index contributed by atoms with van der Waals surface area (Å²) in [6, 6.07) is 24.4. The van der Waals surface area contributed by atoms with Crippen LogP contribution in [0.15, 0.2) is 78.9 Å². The molecule has 4 nitrogen and oxygen atoms in total. The van der Waals surface area contributed by atoms with Gasteiger partial charge >= 0.3 is 0 Å². The number of nitrogens with two attached hydrogens (primary N) is 1. The van der Waals surface area contributed by atoms with Gasteiger partial charge in [0.25, 0.3) is 5.91 Å². The fourth-order valence-electron chi connectivity index (χ4n) is 3.17. The lowest BCUT2D eigenvalue weighted by atomic mass is 10.0. The summed E-state index contributed by atoms with van der Waals surface area (Å²) in [5.74, 6) is 0.598. The number of halogens is 1. The molecule has 1 amide bonds. The van der Waals surface area contributed by atoms with Crippen LogP contribution in [0.4, 0.5) is 5.69 Å². The maximum absolute atomic E-state index is 13.1. The highest BCUT2D eigenvalue weighted by Crippen LogP contribution is 2.22. The van der Waals surface area contributed by atoms with Crippen LogP contribution in [0.1, 0.15) is 30.1 Å². The van der Waals surface area contributed by atoms with Gasteiger partial charge in [0.1, 0.15) is 11.8 Å². The molecule has 5 heteroatoms. The molecule has 0 heterocycles. The van der Waals surface area contributed by atoms with Crippen molar-refractivity contribution >= 4 is 23.2 Å². The van der Waals surface area contributed by atoms with Gasteiger partial charge in [-0.1, -0.05) is 66.2 Å². The van der Waals surface area contributed by atoms with Crippen molar-refractivity contribution < 1.29 is 14.8 Å². The third kappa shape index (κ3) is 4.91. The molecule has 0 aromatic heterocycles. The number of rotatable bonds is 7. The third-order valence-corrected chi connectivity index (χ3v) is 5.00. The minimum Gasteiger partial charge on any atom is -0.497 e. The van der Waals surface area contributed by atoms with Crippen LogP contribution >= 0.6 is 11.6 Å². The number of hydrogen-bond acceptors (Lipinski definition) is 2. The van der Waals surface area contributed by atoms with E-state index in [0.29, 0.717) is 16.5 Å². The van der Waals surface area contributed by atoms with E-state index >= 15 is 0 Å². The number of nitrogens with one attached hydrogen (secondary N) is 1. The zero-order valence-corrected chi connectivity index (χ0v) is 16.7. The summed E-state index contributed by atoms with van der Waals surface area (Å²) in [6.45, 7) is 2.05. The topological polar surface area (TPSA) is 54.9 Å². The van der Waals surface area contributed by atoms with Crippen molar-refractivity contribution in [2.75, 3.05) is 12.4 Å². The number of carbonyl (C=O) groups excluding carboxylic acids is 1. The largest absolute Gasteiger partial charge is 0.497 e. The average Bonchev–Trinajstić information content (AvgIpc) is 2.73. The number of hydrogen-bond donors (Lipinski definition) is 2. The summed E-state index contributed by atoms with van der Waals surface area (Å²) in [5, 5.41) is 5.74. The Morgan fingerprint density at radius 3 is 2.43 bits per heavy atom. The van der Waals surface area contributed by atoms with Gasteiger partial charge in [-0.2, -0.15) is 0 Å². The van der Waals surface area contributed by atoms with Crippen LogP contribution in [0, 0.1) is 0 Å². The molecule has 0 bridgehead atoms. The van der Waals surface area contributed by atoms with Gasteiger partial charge < -0.3 is 15.4 Å². The number of benzene rings is 3. The van der Waals surface area contributed by atoms with Gasteiger partial charge in [-0.15, -0.1) is 0 Å². The smallest absolute Gasteiger partial charge is 0.287 e. The number of quaternary nitrogens is 1. The lowest BCUT2D eigenvalue weighted by molar-refractivity contribution is -0.718. The molecule has 0 aliphatic carbocycles. The highest BCUT2D eigenvalue weighted by atomic mass is 35.5. The molecule has 2 atom stereocenters. The monoisotopic (exact) mass is 395 g/mol. The second-order valence-electron chi connectivity index (χ2n) is 6.61. The number of carbonyl (C=O) groups is 1. The van der Waals surface area contributed by atoms with Crippen LogP contribution in [0.25, 0.3) is 0 Å². The molecule has 3 aromatic rings. The molecule has 144 valence electrons. The van der Waals surface area contributed by atoms with E-state index in [2.05, 4.69) is 12.2 Å². The summed E-state index contributed by atoms with van der Waals surface area (Å²) in [6.07, 6.45) is 0. The average molecular weight is 396 g/mol. The maximum Gasteiger partial charge on any atom is 0.287 e. The van der Waals surface area contributed by atoms with E-state index in [4.69, 9.17) is 16.3 Å². The molecule has 28 heavy (non-hydrogen) atoms. The van der Waals surface area contributed by atoms with Crippen molar-refractivity contribution in [2.45, 2.75) is 19.0 Å². The van der Waals surface area contributed by atoms with E-state index < -0.39 is 6.04 Å². The van der Waals surface area contributed by atoms with Crippen LogP contribution < -0.4 is 15.4 Å². The van der Waals surface area contributed by atoms with Gasteiger partial charge in [-0.05, 0) is 25.1 Å². The van der Waals surface area contributed by atoms with E-state index in [1.807, 2.05) is 78.1 Å². The Kier molecular flexibility index (Phi) is 6.69. The molecule has 0 spiro atoms. The van der Waals surface area contributed by atoms with Crippen molar-refractivity contribution in [2.24, 2.45) is 0 Å². The zero-order valence-electron chi connectivity index (χ0n) is 15.9. The summed E-state index contributed by atoms with van der Waals surface area (Å²) < 4.78 is 5.24. The number of amides is 1. The molecule has 3 rings (SSSR count). The zero-order chi connectivity index (χ0) is 19.9. The summed E-state index contributed by atoms with van der Waals surface area (Å²) >= 11 is 6.36. The standard InChI is InChI=1S/C23H23ClN2O2/c1-16(20-13-6-7-14-21(20)24)25-22(17-9-4-3-5-10-17)23(27)26-18-11-8-12-19(15-18)28-2/h3-16,22,25H,1-2H3,(H,26,27)/p+1/t16-,22-/m1/s1. The van der Waals surface area contributed by atoms with Crippen molar-refractivity contribution in [3.05, 3.63) is 95.0 Å². The molecule has 0 aliphatic rings. The predicted molar refractivity (Wildman–Crippen MR) is 113 cm³/mol. The number of methoxy groups -OCH3 is 1. The van der Waals surface area contributed by atoms with Crippen LogP contribution in [0.5, 0.6) is 5.75 Å². The van der Waals surface area contributed by atoms with Crippen LogP contribution in [-0.2, 0) is 4.79 Å². The molecule has 0 fully saturated rings. The Morgan fingerprint density at radius 2 is 1.71 bits per heavy atom. The van der Waals surface area contributed by atoms with Gasteiger partial charge in [0.2, 0.25) is 0 Å². The fourth-order valence-corrected chi connectivity index (χ4v) is 3.48. The molecule has 0 unspecified atom stereocenters. The summed E-state index contributed by atoms with van der Waals surface area (Å²) in [5.41, 5.74) is 2.63. The van der Waals surface area contributed by atoms with Crippen molar-refractivity contribution in [1.82, 2.24) is 0 Å². The lowest BCUT2D eigenvalue weighted by Gasteiger charge is -2.21. The lowest BCUT2D eigenvalue weighted by Crippen LogP contribution is -2.87. The number of ether oxygens (including phenoxy) is 1. The minimum atomic E-state index is -0.418. The van der Waals surface area contributed by atoms with E-state index in [9.17, 15) is 4.79 Å². The quantitative estimate of drug-likeness (QED) is 0.624. The Morgan fingerprint density at radius 1 is 1.00 bits per heavy atom. The van der Waals surface area contributed by atoms with Crippen molar-refractivity contribution in [3.8, 4) is 5.75 Å². The van der Waals surface area contributed by atoms with Crippen molar-refractivity contribution in [3.63, 3.8) is 0 Å². The molecule has 0 saturated heterocycles. The first-order chi connectivity index (χ1) is 13.6. The highest BCUT2D eigenvalue weighted by Gasteiger charge is 2.27. The Balaban J connectivity index is 1.84. The Hall–Kier alpha value is -2.82. The van der Waals surface area contributed by atoms with Gasteiger partial charge in [-0.3, -0.25) is 4.79 Å². The van der Waals surface area contributed by atoms with E-state index in [-0.39, 0.29) is 11.9 Å². The normalized spacial score (nSPS) is 12.8. The van der Waals surface area contributed by atoms with Crippen molar-refractivity contribution in [1.29, 1.82) is 0 Å². The first kappa shape index (κ1) is 19.9. The minimum absolute atomic E-state index is 0.00923. The maximum atomic E-state index is 13.1. The SMILES string of the molecule is COc1cccc(NC(=O)[C@H]([NH2+][C@H](C)c2ccccc2Cl)c2ccccc2)c1. The van der Waals surface area contributed by atoms with Gasteiger partial charge in [0.15, 0.2) is 6.04 Å². The summed E-state index contributed by atoms with van der Waals surface area (Å²) in [7, 11) is 1.60. The first-order valence-corrected chi connectivity index (χ1v) is 9.55. The second-order valence-corrected chi connectivity index (χ2v) is 7.02. The molecule has 0 aliphatic heterocycles. The molecule has 3 aromatic carbocycles. The fraction of sp³-hybridized carbons (Fsp3) is 0.174. The van der Waals surface area contributed by atoms with Gasteiger partial charge in [0, 0.05) is 27.9 Å². The molecule has 3 N–H and O–H groups in total. The highest BCUT2D eigenvalue weighted by molar-refractivity contribution is 6.31. The summed E-state index contributed by atoms with van der Waals surface area (Å²) in [4.78, 5) is 13.1. The van der Waals surface area contributed by atoms with Crippen LogP contribution in [0.2, 0.25) is 5.02 Å². The van der Waals surface area contributed by atoms with Gasteiger partial charge in [-0.25, -0.2) is 0 Å². The number of anilines is 1. The van der Waals surface area contributed by atoms with Gasteiger partial charge in [0.05, 0.1) is 7.11 Å². The molecule has 0 radical (unpaired) electrons. The predicted octanol–water partition coefficient (Wildman–Crippen LogP) is 4.35. The van der Waals surface area contributed by atoms with Crippen LogP contribution in [0.3, 0.4) is 0 Å². The van der Waals surface area contributed by atoms with E-state index in [1.165, 1.54) is 0 Å².